The van der Waals surface area contributed by atoms with E-state index >= 15 is 0 Å². The number of amides is 1. The molecule has 170 valence electrons. The highest BCUT2D eigenvalue weighted by Gasteiger charge is 2.25. The lowest BCUT2D eigenvalue weighted by molar-refractivity contribution is -0.115. The minimum absolute atomic E-state index is 0.00126. The number of carbonyl (C=O) groups excluding carboxylic acids is 1. The molecule has 3 aromatic rings. The summed E-state index contributed by atoms with van der Waals surface area (Å²) in [6.45, 7) is 7.58. The zero-order chi connectivity index (χ0) is 22.9. The Bertz CT molecular complexity index is 1220. The monoisotopic (exact) mass is 454 g/mol. The number of nitrogens with zero attached hydrogens (tertiary/aromatic N) is 1. The highest BCUT2D eigenvalue weighted by molar-refractivity contribution is 7.89. The third-order valence-corrected chi connectivity index (χ3v) is 7.87. The van der Waals surface area contributed by atoms with E-state index in [1.165, 1.54) is 5.56 Å². The van der Waals surface area contributed by atoms with Gasteiger partial charge in [-0.25, -0.2) is 8.42 Å². The van der Waals surface area contributed by atoms with Crippen molar-refractivity contribution in [1.82, 2.24) is 4.31 Å². The molecule has 0 bridgehead atoms. The number of piperidine rings is 1. The van der Waals surface area contributed by atoms with E-state index in [-0.39, 0.29) is 22.6 Å². The van der Waals surface area contributed by atoms with Gasteiger partial charge in [-0.2, -0.15) is 4.31 Å². The number of sulfonamides is 1. The topological polar surface area (TPSA) is 79.6 Å². The molecule has 4 rings (SSSR count). The summed E-state index contributed by atoms with van der Waals surface area (Å²) in [5, 5.41) is 3.80. The fraction of sp³-hybridized carbons (Fsp3) is 0.400. The normalized spacial score (nSPS) is 15.7. The van der Waals surface area contributed by atoms with Gasteiger partial charge in [0, 0.05) is 29.7 Å². The van der Waals surface area contributed by atoms with E-state index in [1.54, 1.807) is 34.8 Å². The van der Waals surface area contributed by atoms with Crippen LogP contribution in [0.5, 0.6) is 0 Å². The molecule has 1 fully saturated rings. The van der Waals surface area contributed by atoms with E-state index in [2.05, 4.69) is 38.2 Å². The standard InChI is InChI=1S/C25H30N2O4S/c1-25(2,3)19-7-12-23-22(16-19)18(17-31-23)15-24(28)26-20-8-10-21(11-9-20)32(29,30)27-13-5-4-6-14-27/h7-12,16-17H,4-6,13-15H2,1-3H3,(H,26,28). The Kier molecular flexibility index (Phi) is 6.14. The summed E-state index contributed by atoms with van der Waals surface area (Å²) >= 11 is 0. The summed E-state index contributed by atoms with van der Waals surface area (Å²) in [5.74, 6) is -0.180. The average Bonchev–Trinajstić information content (AvgIpc) is 3.16. The lowest BCUT2D eigenvalue weighted by Gasteiger charge is -2.25. The smallest absolute Gasteiger partial charge is 0.243 e. The molecule has 0 spiro atoms. The predicted octanol–water partition coefficient (Wildman–Crippen LogP) is 5.09. The first-order valence-corrected chi connectivity index (χ1v) is 12.5. The van der Waals surface area contributed by atoms with Gasteiger partial charge < -0.3 is 9.73 Å². The van der Waals surface area contributed by atoms with Gasteiger partial charge in [-0.15, -0.1) is 0 Å². The number of furan rings is 1. The summed E-state index contributed by atoms with van der Waals surface area (Å²) in [5.41, 5.74) is 3.33. The summed E-state index contributed by atoms with van der Waals surface area (Å²) < 4.78 is 32.7. The van der Waals surface area contributed by atoms with Crippen molar-refractivity contribution in [2.75, 3.05) is 18.4 Å². The van der Waals surface area contributed by atoms with E-state index in [4.69, 9.17) is 4.42 Å². The van der Waals surface area contributed by atoms with Crippen molar-refractivity contribution in [1.29, 1.82) is 0 Å². The van der Waals surface area contributed by atoms with Gasteiger partial charge in [-0.05, 0) is 60.2 Å². The molecule has 0 atom stereocenters. The summed E-state index contributed by atoms with van der Waals surface area (Å²) in [7, 11) is -3.48. The Labute approximate surface area is 189 Å². The number of hydrogen-bond donors (Lipinski definition) is 1. The van der Waals surface area contributed by atoms with Gasteiger partial charge in [0.05, 0.1) is 17.6 Å². The van der Waals surface area contributed by atoms with Crippen LogP contribution in [0.2, 0.25) is 0 Å². The first-order valence-electron chi connectivity index (χ1n) is 11.1. The minimum atomic E-state index is -3.48. The quantitative estimate of drug-likeness (QED) is 0.583. The molecule has 2 heterocycles. The third-order valence-electron chi connectivity index (χ3n) is 5.96. The molecule has 32 heavy (non-hydrogen) atoms. The van der Waals surface area contributed by atoms with E-state index in [1.807, 2.05) is 6.07 Å². The van der Waals surface area contributed by atoms with Crippen LogP contribution in [0.25, 0.3) is 11.0 Å². The molecule has 0 saturated carbocycles. The van der Waals surface area contributed by atoms with Crippen molar-refractivity contribution in [2.45, 2.75) is 56.8 Å². The van der Waals surface area contributed by atoms with Gasteiger partial charge in [0.15, 0.2) is 0 Å². The maximum atomic E-state index is 12.8. The molecule has 7 heteroatoms. The van der Waals surface area contributed by atoms with Crippen LogP contribution in [-0.4, -0.2) is 31.7 Å². The van der Waals surface area contributed by atoms with Crippen molar-refractivity contribution < 1.29 is 17.6 Å². The molecular formula is C25H30N2O4S. The highest BCUT2D eigenvalue weighted by Crippen LogP contribution is 2.29. The Morgan fingerprint density at radius 2 is 1.72 bits per heavy atom. The largest absolute Gasteiger partial charge is 0.464 e. The molecule has 0 radical (unpaired) electrons. The molecule has 1 amide bonds. The van der Waals surface area contributed by atoms with Gasteiger partial charge in [0.2, 0.25) is 15.9 Å². The van der Waals surface area contributed by atoms with Crippen molar-refractivity contribution in [3.63, 3.8) is 0 Å². The highest BCUT2D eigenvalue weighted by atomic mass is 32.2. The number of nitrogens with one attached hydrogen (secondary N) is 1. The van der Waals surface area contributed by atoms with E-state index in [0.717, 1.165) is 35.8 Å². The van der Waals surface area contributed by atoms with Crippen molar-refractivity contribution in [3.05, 3.63) is 59.9 Å². The number of hydrogen-bond acceptors (Lipinski definition) is 4. The molecule has 1 N–H and O–H groups in total. The van der Waals surface area contributed by atoms with Crippen LogP contribution >= 0.6 is 0 Å². The zero-order valence-electron chi connectivity index (χ0n) is 18.8. The Morgan fingerprint density at radius 3 is 2.38 bits per heavy atom. The summed E-state index contributed by atoms with van der Waals surface area (Å²) in [6.07, 6.45) is 4.67. The van der Waals surface area contributed by atoms with Gasteiger partial charge in [-0.1, -0.05) is 33.3 Å². The summed E-state index contributed by atoms with van der Waals surface area (Å²) in [4.78, 5) is 12.9. The van der Waals surface area contributed by atoms with Crippen LogP contribution in [0.3, 0.4) is 0 Å². The number of anilines is 1. The third kappa shape index (κ3) is 4.74. The second kappa shape index (κ2) is 8.71. The van der Waals surface area contributed by atoms with Crippen LogP contribution in [0, 0.1) is 0 Å². The predicted molar refractivity (Wildman–Crippen MR) is 126 cm³/mol. The van der Waals surface area contributed by atoms with Crippen LogP contribution in [0.1, 0.15) is 51.2 Å². The zero-order valence-corrected chi connectivity index (χ0v) is 19.7. The van der Waals surface area contributed by atoms with Gasteiger partial charge >= 0.3 is 0 Å². The molecule has 1 aromatic heterocycles. The fourth-order valence-corrected chi connectivity index (χ4v) is 5.54. The second-order valence-electron chi connectivity index (χ2n) is 9.44. The number of carbonyl (C=O) groups is 1. The molecule has 1 aliphatic heterocycles. The average molecular weight is 455 g/mol. The molecule has 6 nitrogen and oxygen atoms in total. The Morgan fingerprint density at radius 1 is 1.03 bits per heavy atom. The van der Waals surface area contributed by atoms with Crippen molar-refractivity contribution in [2.24, 2.45) is 0 Å². The summed E-state index contributed by atoms with van der Waals surface area (Å²) in [6, 6.07) is 12.5. The van der Waals surface area contributed by atoms with Crippen molar-refractivity contribution in [3.8, 4) is 0 Å². The van der Waals surface area contributed by atoms with Crippen LogP contribution in [0.15, 0.2) is 58.0 Å². The number of rotatable bonds is 5. The van der Waals surface area contributed by atoms with Crippen LogP contribution < -0.4 is 5.32 Å². The molecule has 0 aliphatic carbocycles. The Balaban J connectivity index is 1.45. The van der Waals surface area contributed by atoms with Crippen molar-refractivity contribution >= 4 is 32.6 Å². The van der Waals surface area contributed by atoms with E-state index in [0.29, 0.717) is 18.8 Å². The molecule has 1 saturated heterocycles. The van der Waals surface area contributed by atoms with Gasteiger partial charge in [0.1, 0.15) is 5.58 Å². The van der Waals surface area contributed by atoms with E-state index in [9.17, 15) is 13.2 Å². The van der Waals surface area contributed by atoms with Gasteiger partial charge in [-0.3, -0.25) is 4.79 Å². The minimum Gasteiger partial charge on any atom is -0.464 e. The molecule has 0 unspecified atom stereocenters. The second-order valence-corrected chi connectivity index (χ2v) is 11.4. The first kappa shape index (κ1) is 22.6. The number of fused-ring (bicyclic) bond motifs is 1. The lowest BCUT2D eigenvalue weighted by atomic mass is 9.86. The Hall–Kier alpha value is -2.64. The molecular weight excluding hydrogens is 424 g/mol. The van der Waals surface area contributed by atoms with Gasteiger partial charge in [0.25, 0.3) is 0 Å². The maximum absolute atomic E-state index is 12.8. The van der Waals surface area contributed by atoms with Crippen LogP contribution in [0.4, 0.5) is 5.69 Å². The molecule has 1 aliphatic rings. The van der Waals surface area contributed by atoms with E-state index < -0.39 is 10.0 Å². The maximum Gasteiger partial charge on any atom is 0.243 e. The SMILES string of the molecule is CC(C)(C)c1ccc2occ(CC(=O)Nc3ccc(S(=O)(=O)N4CCCCC4)cc3)c2c1. The molecule has 2 aromatic carbocycles. The number of benzene rings is 2. The first-order chi connectivity index (χ1) is 15.1. The fourth-order valence-electron chi connectivity index (χ4n) is 4.03. The van der Waals surface area contributed by atoms with Crippen LogP contribution in [-0.2, 0) is 26.7 Å². The lowest BCUT2D eigenvalue weighted by Crippen LogP contribution is -2.35.